The first kappa shape index (κ1) is 18.4. The van der Waals surface area contributed by atoms with Gasteiger partial charge in [-0.3, -0.25) is 0 Å². The molecule has 2 atom stereocenters. The van der Waals surface area contributed by atoms with Crippen molar-refractivity contribution in [3.8, 4) is 0 Å². The molecule has 0 aliphatic heterocycles. The summed E-state index contributed by atoms with van der Waals surface area (Å²) >= 11 is 0. The first-order chi connectivity index (χ1) is 10.5. The molecular weight excluding hydrogens is 284 g/mol. The molecule has 8 heteroatoms. The zero-order valence-electron chi connectivity index (χ0n) is 13.5. The molecule has 2 unspecified atom stereocenters. The standard InChI is InChI=1S/C14H28N6O2/c1-3-5-6-10(4-2)8-22-9-11(21)7-17-14-19-12(15)18-13(16)20-14/h10-11,21H,3-9H2,1-2H3,(H5,15,16,17,18,19,20). The molecule has 126 valence electrons. The van der Waals surface area contributed by atoms with E-state index in [1.54, 1.807) is 0 Å². The lowest BCUT2D eigenvalue weighted by molar-refractivity contribution is 0.0244. The van der Waals surface area contributed by atoms with E-state index >= 15 is 0 Å². The van der Waals surface area contributed by atoms with E-state index in [0.29, 0.717) is 12.5 Å². The minimum absolute atomic E-state index is 0.0439. The number of hydrogen-bond acceptors (Lipinski definition) is 8. The van der Waals surface area contributed by atoms with Gasteiger partial charge in [-0.1, -0.05) is 33.1 Å². The zero-order valence-corrected chi connectivity index (χ0v) is 13.5. The van der Waals surface area contributed by atoms with Gasteiger partial charge in [0.25, 0.3) is 0 Å². The van der Waals surface area contributed by atoms with E-state index < -0.39 is 6.10 Å². The first-order valence-electron chi connectivity index (χ1n) is 7.81. The van der Waals surface area contributed by atoms with Gasteiger partial charge in [0.2, 0.25) is 17.8 Å². The van der Waals surface area contributed by atoms with Gasteiger partial charge in [-0.15, -0.1) is 0 Å². The number of ether oxygens (including phenoxy) is 1. The van der Waals surface area contributed by atoms with Crippen LogP contribution in [0.3, 0.4) is 0 Å². The Kier molecular flexibility index (Phi) is 8.46. The molecule has 22 heavy (non-hydrogen) atoms. The van der Waals surface area contributed by atoms with Crippen LogP contribution in [0.1, 0.15) is 39.5 Å². The summed E-state index contributed by atoms with van der Waals surface area (Å²) in [5, 5.41) is 12.7. The molecule has 1 aromatic rings. The Morgan fingerprint density at radius 3 is 2.41 bits per heavy atom. The van der Waals surface area contributed by atoms with Gasteiger partial charge in [0, 0.05) is 13.2 Å². The minimum Gasteiger partial charge on any atom is -0.389 e. The summed E-state index contributed by atoms with van der Waals surface area (Å²) in [4.78, 5) is 11.4. The van der Waals surface area contributed by atoms with Crippen molar-refractivity contribution in [2.45, 2.75) is 45.6 Å². The summed E-state index contributed by atoms with van der Waals surface area (Å²) in [6.45, 7) is 5.56. The number of hydrogen-bond donors (Lipinski definition) is 4. The van der Waals surface area contributed by atoms with Crippen LogP contribution in [0, 0.1) is 5.92 Å². The van der Waals surface area contributed by atoms with Crippen molar-refractivity contribution in [2.24, 2.45) is 5.92 Å². The van der Waals surface area contributed by atoms with Crippen LogP contribution in [0.2, 0.25) is 0 Å². The number of nitrogen functional groups attached to an aromatic ring is 2. The lowest BCUT2D eigenvalue weighted by Crippen LogP contribution is -2.27. The summed E-state index contributed by atoms with van der Waals surface area (Å²) in [6.07, 6.45) is 4.03. The molecule has 0 spiro atoms. The molecule has 6 N–H and O–H groups in total. The van der Waals surface area contributed by atoms with E-state index in [-0.39, 0.29) is 31.0 Å². The van der Waals surface area contributed by atoms with E-state index in [1.165, 1.54) is 19.3 Å². The Hall–Kier alpha value is -1.67. The van der Waals surface area contributed by atoms with E-state index in [0.717, 1.165) is 6.42 Å². The third-order valence-electron chi connectivity index (χ3n) is 3.37. The van der Waals surface area contributed by atoms with Gasteiger partial charge in [-0.2, -0.15) is 15.0 Å². The van der Waals surface area contributed by atoms with E-state index in [9.17, 15) is 5.11 Å². The molecule has 0 amide bonds. The van der Waals surface area contributed by atoms with E-state index in [2.05, 4.69) is 34.1 Å². The maximum absolute atomic E-state index is 9.89. The highest BCUT2D eigenvalue weighted by Crippen LogP contribution is 2.13. The van der Waals surface area contributed by atoms with Gasteiger partial charge < -0.3 is 26.6 Å². The van der Waals surface area contributed by atoms with Gasteiger partial charge >= 0.3 is 0 Å². The number of nitrogens with zero attached hydrogens (tertiary/aromatic N) is 3. The summed E-state index contributed by atoms with van der Waals surface area (Å²) < 4.78 is 5.59. The highest BCUT2D eigenvalue weighted by Gasteiger charge is 2.10. The van der Waals surface area contributed by atoms with Gasteiger partial charge in [0.05, 0.1) is 12.7 Å². The Labute approximate surface area is 131 Å². The molecule has 1 rings (SSSR count). The molecule has 0 fully saturated rings. The van der Waals surface area contributed by atoms with Gasteiger partial charge in [0.1, 0.15) is 0 Å². The van der Waals surface area contributed by atoms with E-state index in [4.69, 9.17) is 16.2 Å². The van der Waals surface area contributed by atoms with Crippen LogP contribution in [0.5, 0.6) is 0 Å². The third kappa shape index (κ3) is 7.37. The third-order valence-corrected chi connectivity index (χ3v) is 3.37. The largest absolute Gasteiger partial charge is 0.389 e. The number of aromatic nitrogens is 3. The monoisotopic (exact) mass is 312 g/mol. The number of nitrogens with two attached hydrogens (primary N) is 2. The van der Waals surface area contributed by atoms with Crippen molar-refractivity contribution in [3.05, 3.63) is 0 Å². The Bertz CT molecular complexity index is 412. The second kappa shape index (κ2) is 10.1. The normalized spacial score (nSPS) is 13.8. The van der Waals surface area contributed by atoms with Crippen molar-refractivity contribution in [2.75, 3.05) is 36.5 Å². The summed E-state index contributed by atoms with van der Waals surface area (Å²) in [7, 11) is 0. The molecule has 0 aliphatic carbocycles. The molecule has 0 aliphatic rings. The number of unbranched alkanes of at least 4 members (excludes halogenated alkanes) is 1. The summed E-state index contributed by atoms with van der Waals surface area (Å²) in [6, 6.07) is 0. The van der Waals surface area contributed by atoms with Crippen molar-refractivity contribution in [1.29, 1.82) is 0 Å². The quantitative estimate of drug-likeness (QED) is 0.476. The van der Waals surface area contributed by atoms with Gasteiger partial charge in [-0.05, 0) is 12.3 Å². The van der Waals surface area contributed by atoms with Crippen LogP contribution in [0.15, 0.2) is 0 Å². The molecule has 0 saturated heterocycles. The highest BCUT2D eigenvalue weighted by atomic mass is 16.5. The van der Waals surface area contributed by atoms with Crippen molar-refractivity contribution < 1.29 is 9.84 Å². The maximum atomic E-state index is 9.89. The highest BCUT2D eigenvalue weighted by molar-refractivity contribution is 5.37. The molecule has 1 aromatic heterocycles. The van der Waals surface area contributed by atoms with Gasteiger partial charge in [0.15, 0.2) is 0 Å². The molecule has 0 aromatic carbocycles. The second-order valence-corrected chi connectivity index (χ2v) is 5.36. The molecule has 1 heterocycles. The van der Waals surface area contributed by atoms with Crippen LogP contribution in [-0.4, -0.2) is 45.9 Å². The van der Waals surface area contributed by atoms with Crippen LogP contribution in [0.4, 0.5) is 17.8 Å². The number of rotatable bonds is 11. The molecule has 0 saturated carbocycles. The predicted molar refractivity (Wildman–Crippen MR) is 87.3 cm³/mol. The number of nitrogens with one attached hydrogen (secondary N) is 1. The van der Waals surface area contributed by atoms with Crippen molar-refractivity contribution in [1.82, 2.24) is 15.0 Å². The van der Waals surface area contributed by atoms with Crippen LogP contribution in [-0.2, 0) is 4.74 Å². The smallest absolute Gasteiger partial charge is 0.229 e. The molecule has 8 nitrogen and oxygen atoms in total. The fourth-order valence-electron chi connectivity index (χ4n) is 2.03. The van der Waals surface area contributed by atoms with Crippen molar-refractivity contribution in [3.63, 3.8) is 0 Å². The van der Waals surface area contributed by atoms with Gasteiger partial charge in [-0.25, -0.2) is 0 Å². The Balaban J connectivity index is 2.24. The molecule has 0 bridgehead atoms. The zero-order chi connectivity index (χ0) is 16.4. The summed E-state index contributed by atoms with van der Waals surface area (Å²) in [5.41, 5.74) is 10.9. The number of anilines is 3. The lowest BCUT2D eigenvalue weighted by atomic mass is 10.0. The maximum Gasteiger partial charge on any atom is 0.229 e. The lowest BCUT2D eigenvalue weighted by Gasteiger charge is -2.17. The first-order valence-corrected chi connectivity index (χ1v) is 7.81. The van der Waals surface area contributed by atoms with E-state index in [1.807, 2.05) is 0 Å². The van der Waals surface area contributed by atoms with Crippen molar-refractivity contribution >= 4 is 17.8 Å². The Morgan fingerprint density at radius 2 is 1.82 bits per heavy atom. The fraction of sp³-hybridized carbons (Fsp3) is 0.786. The fourth-order valence-corrected chi connectivity index (χ4v) is 2.03. The average Bonchev–Trinajstić information content (AvgIpc) is 2.47. The minimum atomic E-state index is -0.650. The molecule has 0 radical (unpaired) electrons. The average molecular weight is 312 g/mol. The second-order valence-electron chi connectivity index (χ2n) is 5.36. The SMILES string of the molecule is CCCCC(CC)COCC(O)CNc1nc(N)nc(N)n1. The Morgan fingerprint density at radius 1 is 1.14 bits per heavy atom. The number of aliphatic hydroxyl groups excluding tert-OH is 1. The van der Waals surface area contributed by atoms with Crippen LogP contribution < -0.4 is 16.8 Å². The van der Waals surface area contributed by atoms with Crippen LogP contribution in [0.25, 0.3) is 0 Å². The number of aliphatic hydroxyl groups is 1. The topological polar surface area (TPSA) is 132 Å². The van der Waals surface area contributed by atoms with Crippen LogP contribution >= 0.6 is 0 Å². The summed E-state index contributed by atoms with van der Waals surface area (Å²) in [5.74, 6) is 0.895. The molecular formula is C14H28N6O2. The predicted octanol–water partition coefficient (Wildman–Crippen LogP) is 1.04.